The summed E-state index contributed by atoms with van der Waals surface area (Å²) in [4.78, 5) is 19.3. The van der Waals surface area contributed by atoms with Crippen LogP contribution >= 0.6 is 11.6 Å². The van der Waals surface area contributed by atoms with E-state index in [9.17, 15) is 4.79 Å². The molecule has 1 aromatic carbocycles. The molecule has 0 unspecified atom stereocenters. The molecular formula is C20H25ClN4O2. The molecule has 144 valence electrons. The van der Waals surface area contributed by atoms with Crippen LogP contribution in [0.15, 0.2) is 24.3 Å². The number of fused-ring (bicyclic) bond motifs is 1. The number of carbonyl (C=O) groups excluding carboxylic acids is 1. The SMILES string of the molecule is COCCN(Cc1cc(C)n(C)c1C)C(=O)c1ccc2c(c1)nc(Cl)n2C. The molecule has 2 heterocycles. The van der Waals surface area contributed by atoms with E-state index in [0.29, 0.717) is 36.1 Å². The second-order valence-electron chi connectivity index (χ2n) is 6.82. The Balaban J connectivity index is 1.91. The maximum Gasteiger partial charge on any atom is 0.254 e. The first kappa shape index (κ1) is 19.5. The van der Waals surface area contributed by atoms with Crippen LogP contribution in [0.25, 0.3) is 11.0 Å². The van der Waals surface area contributed by atoms with Gasteiger partial charge in [-0.3, -0.25) is 4.79 Å². The van der Waals surface area contributed by atoms with E-state index in [1.165, 1.54) is 5.69 Å². The highest BCUT2D eigenvalue weighted by molar-refractivity contribution is 6.29. The maximum atomic E-state index is 13.2. The van der Waals surface area contributed by atoms with Crippen molar-refractivity contribution in [3.8, 4) is 0 Å². The molecule has 0 spiro atoms. The highest BCUT2D eigenvalue weighted by Crippen LogP contribution is 2.22. The van der Waals surface area contributed by atoms with Crippen LogP contribution in [-0.2, 0) is 25.4 Å². The molecule has 0 saturated heterocycles. The smallest absolute Gasteiger partial charge is 0.254 e. The van der Waals surface area contributed by atoms with Crippen molar-refractivity contribution in [1.29, 1.82) is 0 Å². The van der Waals surface area contributed by atoms with Gasteiger partial charge in [0.05, 0.1) is 17.6 Å². The number of hydrogen-bond acceptors (Lipinski definition) is 3. The predicted octanol–water partition coefficient (Wildman–Crippen LogP) is 3.47. The molecule has 3 rings (SSSR count). The van der Waals surface area contributed by atoms with E-state index in [1.54, 1.807) is 17.7 Å². The number of ether oxygens (including phenoxy) is 1. The number of imidazole rings is 1. The fraction of sp³-hybridized carbons (Fsp3) is 0.400. The summed E-state index contributed by atoms with van der Waals surface area (Å²) in [6.45, 7) is 5.68. The van der Waals surface area contributed by atoms with Gasteiger partial charge in [0.2, 0.25) is 5.28 Å². The second-order valence-corrected chi connectivity index (χ2v) is 7.16. The summed E-state index contributed by atoms with van der Waals surface area (Å²) in [7, 11) is 5.53. The number of aromatic nitrogens is 3. The van der Waals surface area contributed by atoms with Gasteiger partial charge in [-0.15, -0.1) is 0 Å². The molecule has 1 amide bonds. The number of aryl methyl sites for hydroxylation is 2. The summed E-state index contributed by atoms with van der Waals surface area (Å²) in [6, 6.07) is 7.63. The molecule has 0 saturated carbocycles. The Hall–Kier alpha value is -2.31. The molecule has 0 aliphatic heterocycles. The van der Waals surface area contributed by atoms with E-state index >= 15 is 0 Å². The van der Waals surface area contributed by atoms with E-state index in [-0.39, 0.29) is 5.91 Å². The summed E-state index contributed by atoms with van der Waals surface area (Å²) in [6.07, 6.45) is 0. The molecule has 6 nitrogen and oxygen atoms in total. The van der Waals surface area contributed by atoms with Crippen LogP contribution in [0.3, 0.4) is 0 Å². The van der Waals surface area contributed by atoms with Crippen LogP contribution in [0, 0.1) is 13.8 Å². The van der Waals surface area contributed by atoms with Crippen molar-refractivity contribution in [1.82, 2.24) is 19.0 Å². The minimum Gasteiger partial charge on any atom is -0.383 e. The molecule has 0 radical (unpaired) electrons. The largest absolute Gasteiger partial charge is 0.383 e. The quantitative estimate of drug-likeness (QED) is 0.649. The molecule has 7 heteroatoms. The first-order valence-corrected chi connectivity index (χ1v) is 9.23. The van der Waals surface area contributed by atoms with Crippen LogP contribution in [0.2, 0.25) is 5.28 Å². The van der Waals surface area contributed by atoms with Crippen molar-refractivity contribution in [2.75, 3.05) is 20.3 Å². The van der Waals surface area contributed by atoms with E-state index in [1.807, 2.05) is 31.1 Å². The summed E-state index contributed by atoms with van der Waals surface area (Å²) in [5.41, 5.74) is 5.68. The van der Waals surface area contributed by atoms with Crippen molar-refractivity contribution in [3.63, 3.8) is 0 Å². The minimum atomic E-state index is -0.0448. The maximum absolute atomic E-state index is 13.2. The lowest BCUT2D eigenvalue weighted by Gasteiger charge is -2.23. The third-order valence-electron chi connectivity index (χ3n) is 5.17. The number of halogens is 1. The van der Waals surface area contributed by atoms with Crippen LogP contribution in [0.5, 0.6) is 0 Å². The molecule has 0 bridgehead atoms. The zero-order chi connectivity index (χ0) is 19.7. The van der Waals surface area contributed by atoms with Gasteiger partial charge in [0.25, 0.3) is 5.91 Å². The average Bonchev–Trinajstić information content (AvgIpc) is 3.07. The molecule has 0 atom stereocenters. The first-order chi connectivity index (χ1) is 12.8. The normalized spacial score (nSPS) is 11.3. The first-order valence-electron chi connectivity index (χ1n) is 8.85. The zero-order valence-electron chi connectivity index (χ0n) is 16.4. The van der Waals surface area contributed by atoms with Gasteiger partial charge < -0.3 is 18.8 Å². The van der Waals surface area contributed by atoms with E-state index in [0.717, 1.165) is 16.8 Å². The van der Waals surface area contributed by atoms with Gasteiger partial charge in [0, 0.05) is 51.2 Å². The number of rotatable bonds is 6. The Kier molecular flexibility index (Phi) is 5.58. The average molecular weight is 389 g/mol. The second kappa shape index (κ2) is 7.74. The Morgan fingerprint density at radius 3 is 2.59 bits per heavy atom. The third-order valence-corrected chi connectivity index (χ3v) is 5.51. The summed E-state index contributed by atoms with van der Waals surface area (Å²) < 4.78 is 9.14. The predicted molar refractivity (Wildman–Crippen MR) is 107 cm³/mol. The Morgan fingerprint density at radius 2 is 1.96 bits per heavy atom. The van der Waals surface area contributed by atoms with Crippen molar-refractivity contribution in [3.05, 3.63) is 52.1 Å². The number of hydrogen-bond donors (Lipinski definition) is 0. The zero-order valence-corrected chi connectivity index (χ0v) is 17.2. The fourth-order valence-electron chi connectivity index (χ4n) is 3.24. The monoisotopic (exact) mass is 388 g/mol. The topological polar surface area (TPSA) is 52.3 Å². The van der Waals surface area contributed by atoms with Gasteiger partial charge in [-0.05, 0) is 55.3 Å². The molecular weight excluding hydrogens is 364 g/mol. The molecule has 0 N–H and O–H groups in total. The Morgan fingerprint density at radius 1 is 1.22 bits per heavy atom. The van der Waals surface area contributed by atoms with Crippen molar-refractivity contribution in [2.24, 2.45) is 14.1 Å². The lowest BCUT2D eigenvalue weighted by atomic mass is 10.1. The highest BCUT2D eigenvalue weighted by Gasteiger charge is 2.19. The van der Waals surface area contributed by atoms with E-state index < -0.39 is 0 Å². The van der Waals surface area contributed by atoms with Gasteiger partial charge in [0.15, 0.2) is 0 Å². The lowest BCUT2D eigenvalue weighted by Crippen LogP contribution is -2.33. The Labute approximate surface area is 164 Å². The van der Waals surface area contributed by atoms with Gasteiger partial charge in [0.1, 0.15) is 0 Å². The Bertz CT molecular complexity index is 990. The van der Waals surface area contributed by atoms with Crippen LogP contribution in [0.4, 0.5) is 0 Å². The molecule has 0 aliphatic carbocycles. The number of benzene rings is 1. The van der Waals surface area contributed by atoms with Crippen molar-refractivity contribution >= 4 is 28.5 Å². The van der Waals surface area contributed by atoms with Gasteiger partial charge in [-0.2, -0.15) is 0 Å². The highest BCUT2D eigenvalue weighted by atomic mass is 35.5. The molecule has 2 aromatic heterocycles. The molecule has 27 heavy (non-hydrogen) atoms. The van der Waals surface area contributed by atoms with Crippen LogP contribution < -0.4 is 0 Å². The van der Waals surface area contributed by atoms with E-state index in [4.69, 9.17) is 16.3 Å². The lowest BCUT2D eigenvalue weighted by molar-refractivity contribution is 0.0680. The number of carbonyl (C=O) groups is 1. The number of nitrogens with zero attached hydrogens (tertiary/aromatic N) is 4. The number of amides is 1. The molecule has 3 aromatic rings. The summed E-state index contributed by atoms with van der Waals surface area (Å²) >= 11 is 6.09. The van der Waals surface area contributed by atoms with E-state index in [2.05, 4.69) is 29.5 Å². The molecule has 0 aliphatic rings. The fourth-order valence-corrected chi connectivity index (χ4v) is 3.42. The van der Waals surface area contributed by atoms with Crippen molar-refractivity contribution in [2.45, 2.75) is 20.4 Å². The van der Waals surface area contributed by atoms with Crippen LogP contribution in [0.1, 0.15) is 27.3 Å². The van der Waals surface area contributed by atoms with Gasteiger partial charge >= 0.3 is 0 Å². The van der Waals surface area contributed by atoms with Crippen LogP contribution in [-0.4, -0.2) is 45.2 Å². The standard InChI is InChI=1S/C20H25ClN4O2/c1-13-10-16(14(2)23(13)3)12-25(8-9-27-5)19(26)15-6-7-18-17(11-15)22-20(21)24(18)4/h6-7,10-11H,8-9,12H2,1-5H3. The number of methoxy groups -OCH3 is 1. The summed E-state index contributed by atoms with van der Waals surface area (Å²) in [5.74, 6) is -0.0448. The molecule has 0 fully saturated rings. The van der Waals surface area contributed by atoms with Gasteiger partial charge in [-0.1, -0.05) is 0 Å². The van der Waals surface area contributed by atoms with Crippen molar-refractivity contribution < 1.29 is 9.53 Å². The van der Waals surface area contributed by atoms with Gasteiger partial charge in [-0.25, -0.2) is 4.98 Å². The third kappa shape index (κ3) is 3.73. The minimum absolute atomic E-state index is 0.0448. The summed E-state index contributed by atoms with van der Waals surface area (Å²) in [5, 5.41) is 0.404.